The molecule has 13 heavy (non-hydrogen) atoms. The minimum Gasteiger partial charge on any atom is -0.505 e. The highest BCUT2D eigenvalue weighted by Gasteiger charge is 2.11. The normalized spacial score (nSPS) is 12.8. The summed E-state index contributed by atoms with van der Waals surface area (Å²) in [6.45, 7) is 4.09. The van der Waals surface area contributed by atoms with Gasteiger partial charge in [-0.2, -0.15) is 0 Å². The molecule has 0 aliphatic rings. The Morgan fingerprint density at radius 1 is 1.38 bits per heavy atom. The summed E-state index contributed by atoms with van der Waals surface area (Å²) in [7, 11) is 0. The molecule has 0 saturated heterocycles. The topological polar surface area (TPSA) is 72.3 Å². The number of anilines is 2. The molecule has 72 valence electrons. The van der Waals surface area contributed by atoms with E-state index in [9.17, 15) is 5.11 Å². The van der Waals surface area contributed by atoms with Crippen LogP contribution >= 0.6 is 0 Å². The third-order valence-electron chi connectivity index (χ3n) is 2.33. The molecule has 0 aliphatic heterocycles. The first kappa shape index (κ1) is 9.71. The highest BCUT2D eigenvalue weighted by atomic mass is 16.3. The van der Waals surface area contributed by atoms with Crippen molar-refractivity contribution < 1.29 is 5.11 Å². The second-order valence-corrected chi connectivity index (χ2v) is 3.36. The molecule has 1 aromatic rings. The van der Waals surface area contributed by atoms with Crippen LogP contribution < -0.4 is 11.5 Å². The van der Waals surface area contributed by atoms with E-state index in [2.05, 4.69) is 6.92 Å². The molecule has 3 nitrogen and oxygen atoms in total. The number of phenols is 1. The Bertz CT molecular complexity index is 310. The standard InChI is InChI=1S/C10H16N2O/c1-3-6(2)8-4-7(11)5-9(12)10(8)13/h4-6,13H,3,11-12H2,1-2H3. The highest BCUT2D eigenvalue weighted by molar-refractivity contribution is 5.64. The van der Waals surface area contributed by atoms with Crippen molar-refractivity contribution in [2.24, 2.45) is 0 Å². The average molecular weight is 180 g/mol. The van der Waals surface area contributed by atoms with Gasteiger partial charge in [0.2, 0.25) is 0 Å². The Morgan fingerprint density at radius 3 is 2.54 bits per heavy atom. The van der Waals surface area contributed by atoms with Gasteiger partial charge in [-0.1, -0.05) is 13.8 Å². The Kier molecular flexibility index (Phi) is 2.66. The van der Waals surface area contributed by atoms with Gasteiger partial charge in [-0.3, -0.25) is 0 Å². The van der Waals surface area contributed by atoms with Crippen molar-refractivity contribution in [3.63, 3.8) is 0 Å². The lowest BCUT2D eigenvalue weighted by Crippen LogP contribution is -1.98. The molecule has 0 saturated carbocycles. The van der Waals surface area contributed by atoms with Crippen LogP contribution in [0.25, 0.3) is 0 Å². The van der Waals surface area contributed by atoms with Crippen LogP contribution in [0.2, 0.25) is 0 Å². The summed E-state index contributed by atoms with van der Waals surface area (Å²) in [6.07, 6.45) is 0.955. The molecule has 0 aliphatic carbocycles. The summed E-state index contributed by atoms with van der Waals surface area (Å²) in [4.78, 5) is 0. The summed E-state index contributed by atoms with van der Waals surface area (Å²) < 4.78 is 0. The molecule has 0 spiro atoms. The van der Waals surface area contributed by atoms with Crippen LogP contribution in [0.3, 0.4) is 0 Å². The van der Waals surface area contributed by atoms with Crippen molar-refractivity contribution in [2.45, 2.75) is 26.2 Å². The molecule has 5 N–H and O–H groups in total. The first-order valence-corrected chi connectivity index (χ1v) is 4.44. The molecular formula is C10H16N2O. The number of phenolic OH excluding ortho intramolecular Hbond substituents is 1. The van der Waals surface area contributed by atoms with E-state index >= 15 is 0 Å². The van der Waals surface area contributed by atoms with E-state index in [1.54, 1.807) is 12.1 Å². The predicted molar refractivity (Wildman–Crippen MR) is 55.6 cm³/mol. The van der Waals surface area contributed by atoms with E-state index in [4.69, 9.17) is 11.5 Å². The van der Waals surface area contributed by atoms with Crippen LogP contribution in [0, 0.1) is 0 Å². The number of aromatic hydroxyl groups is 1. The zero-order valence-corrected chi connectivity index (χ0v) is 8.04. The lowest BCUT2D eigenvalue weighted by Gasteiger charge is -2.13. The maximum absolute atomic E-state index is 9.64. The minimum absolute atomic E-state index is 0.170. The molecule has 0 amide bonds. The van der Waals surface area contributed by atoms with Crippen LogP contribution in [-0.2, 0) is 0 Å². The van der Waals surface area contributed by atoms with E-state index in [0.717, 1.165) is 12.0 Å². The van der Waals surface area contributed by atoms with Gasteiger partial charge in [0.1, 0.15) is 5.75 Å². The summed E-state index contributed by atoms with van der Waals surface area (Å²) in [6, 6.07) is 3.35. The lowest BCUT2D eigenvalue weighted by molar-refractivity contribution is 0.465. The third-order valence-corrected chi connectivity index (χ3v) is 2.33. The Hall–Kier alpha value is -1.38. The quantitative estimate of drug-likeness (QED) is 0.370. The second-order valence-electron chi connectivity index (χ2n) is 3.36. The predicted octanol–water partition coefficient (Wildman–Crippen LogP) is 2.07. The highest BCUT2D eigenvalue weighted by Crippen LogP contribution is 2.34. The Balaban J connectivity index is 3.20. The fourth-order valence-corrected chi connectivity index (χ4v) is 1.30. The molecule has 0 heterocycles. The maximum Gasteiger partial charge on any atom is 0.142 e. The molecule has 1 aromatic carbocycles. The van der Waals surface area contributed by atoms with Crippen molar-refractivity contribution in [1.82, 2.24) is 0 Å². The lowest BCUT2D eigenvalue weighted by atomic mass is 9.96. The van der Waals surface area contributed by atoms with Crippen molar-refractivity contribution in [1.29, 1.82) is 0 Å². The molecule has 1 unspecified atom stereocenters. The van der Waals surface area contributed by atoms with Crippen molar-refractivity contribution in [3.05, 3.63) is 17.7 Å². The molecule has 0 fully saturated rings. The van der Waals surface area contributed by atoms with Gasteiger partial charge in [0.25, 0.3) is 0 Å². The fourth-order valence-electron chi connectivity index (χ4n) is 1.30. The van der Waals surface area contributed by atoms with Gasteiger partial charge in [0, 0.05) is 11.3 Å². The SMILES string of the molecule is CCC(C)c1cc(N)cc(N)c1O. The minimum atomic E-state index is 0.170. The molecule has 3 heteroatoms. The molecule has 0 bridgehead atoms. The smallest absolute Gasteiger partial charge is 0.142 e. The summed E-state index contributed by atoms with van der Waals surface area (Å²) in [5.41, 5.74) is 13.0. The van der Waals surface area contributed by atoms with Crippen molar-refractivity contribution in [2.75, 3.05) is 11.5 Å². The van der Waals surface area contributed by atoms with E-state index in [0.29, 0.717) is 11.4 Å². The average Bonchev–Trinajstić information content (AvgIpc) is 2.10. The number of benzene rings is 1. The van der Waals surface area contributed by atoms with Crippen LogP contribution in [-0.4, -0.2) is 5.11 Å². The Labute approximate surface area is 78.4 Å². The first-order chi connectivity index (χ1) is 6.06. The van der Waals surface area contributed by atoms with E-state index < -0.39 is 0 Å². The van der Waals surface area contributed by atoms with Gasteiger partial charge < -0.3 is 16.6 Å². The number of hydrogen-bond acceptors (Lipinski definition) is 3. The first-order valence-electron chi connectivity index (χ1n) is 4.44. The second kappa shape index (κ2) is 3.56. The number of nitrogens with two attached hydrogens (primary N) is 2. The monoisotopic (exact) mass is 180 g/mol. The van der Waals surface area contributed by atoms with Gasteiger partial charge in [0.05, 0.1) is 5.69 Å². The number of nitrogen functional groups attached to an aromatic ring is 2. The summed E-state index contributed by atoms with van der Waals surface area (Å²) >= 11 is 0. The maximum atomic E-state index is 9.64. The van der Waals surface area contributed by atoms with Gasteiger partial charge in [0.15, 0.2) is 0 Å². The number of hydrogen-bond donors (Lipinski definition) is 3. The largest absolute Gasteiger partial charge is 0.505 e. The fraction of sp³-hybridized carbons (Fsp3) is 0.400. The molecular weight excluding hydrogens is 164 g/mol. The van der Waals surface area contributed by atoms with Crippen molar-refractivity contribution in [3.8, 4) is 5.75 Å². The zero-order chi connectivity index (χ0) is 10.0. The molecule has 0 aromatic heterocycles. The molecule has 1 atom stereocenters. The van der Waals surface area contributed by atoms with Crippen molar-refractivity contribution >= 4 is 11.4 Å². The van der Waals surface area contributed by atoms with Crippen LogP contribution in [0.15, 0.2) is 12.1 Å². The van der Waals surface area contributed by atoms with Gasteiger partial charge >= 0.3 is 0 Å². The van der Waals surface area contributed by atoms with Crippen LogP contribution in [0.5, 0.6) is 5.75 Å². The van der Waals surface area contributed by atoms with E-state index in [1.165, 1.54) is 0 Å². The van der Waals surface area contributed by atoms with Gasteiger partial charge in [-0.15, -0.1) is 0 Å². The molecule has 1 rings (SSSR count). The third kappa shape index (κ3) is 1.86. The summed E-state index contributed by atoms with van der Waals surface area (Å²) in [5, 5.41) is 9.64. The summed E-state index contributed by atoms with van der Waals surface area (Å²) in [5.74, 6) is 0.453. The van der Waals surface area contributed by atoms with Crippen LogP contribution in [0.4, 0.5) is 11.4 Å². The van der Waals surface area contributed by atoms with Gasteiger partial charge in [-0.05, 0) is 24.5 Å². The van der Waals surface area contributed by atoms with Crippen LogP contribution in [0.1, 0.15) is 31.7 Å². The van der Waals surface area contributed by atoms with E-state index in [1.807, 2.05) is 6.92 Å². The van der Waals surface area contributed by atoms with E-state index in [-0.39, 0.29) is 11.7 Å². The number of rotatable bonds is 2. The molecule has 0 radical (unpaired) electrons. The zero-order valence-electron chi connectivity index (χ0n) is 8.04. The Morgan fingerprint density at radius 2 is 2.00 bits per heavy atom. The van der Waals surface area contributed by atoms with Gasteiger partial charge in [-0.25, -0.2) is 0 Å².